The summed E-state index contributed by atoms with van der Waals surface area (Å²) in [7, 11) is 0. The zero-order valence-corrected chi connectivity index (χ0v) is 11.3. The number of hydrogen-bond donors (Lipinski definition) is 1. The van der Waals surface area contributed by atoms with Gasteiger partial charge in [0.15, 0.2) is 0 Å². The molecule has 17 heavy (non-hydrogen) atoms. The third-order valence-corrected chi connectivity index (χ3v) is 3.79. The highest BCUT2D eigenvalue weighted by atomic mass is 32.2. The summed E-state index contributed by atoms with van der Waals surface area (Å²) in [5, 5.41) is 9.95. The van der Waals surface area contributed by atoms with E-state index in [4.69, 9.17) is 0 Å². The number of benzene rings is 1. The van der Waals surface area contributed by atoms with Gasteiger partial charge in [0, 0.05) is 6.61 Å². The van der Waals surface area contributed by atoms with Crippen LogP contribution >= 0.6 is 11.8 Å². The SMILES string of the molecule is CC(C)SCCC(CO)Cc1cccc(F)c1. The number of thioether (sulfide) groups is 1. The van der Waals surface area contributed by atoms with E-state index in [1.54, 1.807) is 12.1 Å². The van der Waals surface area contributed by atoms with Gasteiger partial charge in [0.25, 0.3) is 0 Å². The van der Waals surface area contributed by atoms with E-state index in [9.17, 15) is 9.50 Å². The van der Waals surface area contributed by atoms with Gasteiger partial charge in [-0.25, -0.2) is 4.39 Å². The van der Waals surface area contributed by atoms with Crippen LogP contribution in [0.25, 0.3) is 0 Å². The molecule has 96 valence electrons. The fourth-order valence-electron chi connectivity index (χ4n) is 1.73. The molecule has 1 rings (SSSR count). The lowest BCUT2D eigenvalue weighted by Gasteiger charge is -2.14. The monoisotopic (exact) mass is 256 g/mol. The summed E-state index contributed by atoms with van der Waals surface area (Å²) in [6.07, 6.45) is 1.74. The van der Waals surface area contributed by atoms with Crippen molar-refractivity contribution < 1.29 is 9.50 Å². The molecule has 0 spiro atoms. The molecule has 0 aliphatic carbocycles. The molecule has 1 aromatic carbocycles. The van der Waals surface area contributed by atoms with Crippen LogP contribution in [0.3, 0.4) is 0 Å². The largest absolute Gasteiger partial charge is 0.396 e. The number of halogens is 1. The molecule has 0 aromatic heterocycles. The van der Waals surface area contributed by atoms with Gasteiger partial charge < -0.3 is 5.11 Å². The highest BCUT2D eigenvalue weighted by molar-refractivity contribution is 7.99. The standard InChI is InChI=1S/C14H21FOS/c1-11(2)17-7-6-13(10-16)8-12-4-3-5-14(15)9-12/h3-5,9,11,13,16H,6-8,10H2,1-2H3. The van der Waals surface area contributed by atoms with Crippen molar-refractivity contribution in [3.05, 3.63) is 35.6 Å². The molecule has 0 fully saturated rings. The van der Waals surface area contributed by atoms with Crippen LogP contribution in [0.15, 0.2) is 24.3 Å². The predicted octanol–water partition coefficient (Wildman–Crippen LogP) is 3.51. The van der Waals surface area contributed by atoms with Crippen LogP contribution in [-0.4, -0.2) is 22.7 Å². The second-order valence-electron chi connectivity index (χ2n) is 4.59. The molecular weight excluding hydrogens is 235 g/mol. The predicted molar refractivity (Wildman–Crippen MR) is 72.9 cm³/mol. The van der Waals surface area contributed by atoms with Crippen molar-refractivity contribution in [3.63, 3.8) is 0 Å². The molecule has 1 aromatic rings. The Morgan fingerprint density at radius 3 is 2.71 bits per heavy atom. The maximum Gasteiger partial charge on any atom is 0.123 e. The van der Waals surface area contributed by atoms with E-state index in [2.05, 4.69) is 13.8 Å². The van der Waals surface area contributed by atoms with Crippen molar-refractivity contribution in [3.8, 4) is 0 Å². The first kappa shape index (κ1) is 14.5. The molecular formula is C14H21FOS. The summed E-state index contributed by atoms with van der Waals surface area (Å²) in [5.74, 6) is 1.09. The maximum absolute atomic E-state index is 13.0. The van der Waals surface area contributed by atoms with Crippen LogP contribution in [0, 0.1) is 11.7 Å². The minimum absolute atomic E-state index is 0.176. The Balaban J connectivity index is 2.41. The molecule has 0 saturated carbocycles. The van der Waals surface area contributed by atoms with Crippen LogP contribution in [0.1, 0.15) is 25.8 Å². The average Bonchev–Trinajstić information content (AvgIpc) is 2.27. The van der Waals surface area contributed by atoms with E-state index in [0.29, 0.717) is 5.25 Å². The van der Waals surface area contributed by atoms with Gasteiger partial charge >= 0.3 is 0 Å². The van der Waals surface area contributed by atoms with E-state index in [0.717, 1.165) is 24.2 Å². The van der Waals surface area contributed by atoms with Gasteiger partial charge in [-0.3, -0.25) is 0 Å². The van der Waals surface area contributed by atoms with Crippen LogP contribution in [0.2, 0.25) is 0 Å². The zero-order valence-electron chi connectivity index (χ0n) is 10.5. The summed E-state index contributed by atoms with van der Waals surface area (Å²) in [6.45, 7) is 4.52. The fraction of sp³-hybridized carbons (Fsp3) is 0.571. The van der Waals surface area contributed by atoms with E-state index in [1.807, 2.05) is 17.8 Å². The van der Waals surface area contributed by atoms with Gasteiger partial charge in [0.05, 0.1) is 0 Å². The minimum atomic E-state index is -0.198. The van der Waals surface area contributed by atoms with Gasteiger partial charge in [-0.1, -0.05) is 26.0 Å². The van der Waals surface area contributed by atoms with Crippen molar-refractivity contribution in [1.82, 2.24) is 0 Å². The van der Waals surface area contributed by atoms with Crippen LogP contribution in [-0.2, 0) is 6.42 Å². The van der Waals surface area contributed by atoms with Crippen molar-refractivity contribution in [2.75, 3.05) is 12.4 Å². The van der Waals surface area contributed by atoms with E-state index in [1.165, 1.54) is 6.07 Å². The molecule has 1 atom stereocenters. The number of aliphatic hydroxyl groups excluding tert-OH is 1. The van der Waals surface area contributed by atoms with Gasteiger partial charge in [-0.2, -0.15) is 11.8 Å². The first-order valence-electron chi connectivity index (χ1n) is 6.08. The Hall–Kier alpha value is -0.540. The average molecular weight is 256 g/mol. The lowest BCUT2D eigenvalue weighted by molar-refractivity contribution is 0.223. The number of hydrogen-bond acceptors (Lipinski definition) is 2. The summed E-state index contributed by atoms with van der Waals surface area (Å²) in [6, 6.07) is 6.65. The van der Waals surface area contributed by atoms with Gasteiger partial charge in [0.1, 0.15) is 5.82 Å². The number of rotatable bonds is 7. The molecule has 0 heterocycles. The normalized spacial score (nSPS) is 13.0. The van der Waals surface area contributed by atoms with Crippen molar-refractivity contribution >= 4 is 11.8 Å². The van der Waals surface area contributed by atoms with E-state index < -0.39 is 0 Å². The van der Waals surface area contributed by atoms with Crippen molar-refractivity contribution in [2.45, 2.75) is 31.9 Å². The van der Waals surface area contributed by atoms with Crippen LogP contribution in [0.5, 0.6) is 0 Å². The fourth-order valence-corrected chi connectivity index (χ4v) is 2.67. The third-order valence-electron chi connectivity index (χ3n) is 2.65. The third kappa shape index (κ3) is 6.08. The molecule has 0 aliphatic rings. The summed E-state index contributed by atoms with van der Waals surface area (Å²) >= 11 is 1.90. The molecule has 0 amide bonds. The van der Waals surface area contributed by atoms with E-state index >= 15 is 0 Å². The molecule has 0 saturated heterocycles. The van der Waals surface area contributed by atoms with Gasteiger partial charge in [-0.05, 0) is 47.5 Å². The van der Waals surface area contributed by atoms with E-state index in [-0.39, 0.29) is 18.3 Å². The van der Waals surface area contributed by atoms with Gasteiger partial charge in [0.2, 0.25) is 0 Å². The first-order chi connectivity index (χ1) is 8.11. The van der Waals surface area contributed by atoms with Crippen LogP contribution < -0.4 is 0 Å². The molecule has 1 nitrogen and oxygen atoms in total. The molecule has 0 aliphatic heterocycles. The molecule has 0 bridgehead atoms. The Morgan fingerprint density at radius 2 is 2.12 bits per heavy atom. The Kier molecular flexibility index (Phi) is 6.60. The molecule has 0 radical (unpaired) electrons. The van der Waals surface area contributed by atoms with Crippen LogP contribution in [0.4, 0.5) is 4.39 Å². The van der Waals surface area contributed by atoms with Crippen molar-refractivity contribution in [2.24, 2.45) is 5.92 Å². The second-order valence-corrected chi connectivity index (χ2v) is 6.28. The lowest BCUT2D eigenvalue weighted by Crippen LogP contribution is -2.11. The lowest BCUT2D eigenvalue weighted by atomic mass is 9.98. The molecule has 1 N–H and O–H groups in total. The summed E-state index contributed by atoms with van der Waals surface area (Å²) in [5.41, 5.74) is 0.971. The second kappa shape index (κ2) is 7.72. The Bertz CT molecular complexity index is 328. The van der Waals surface area contributed by atoms with Crippen molar-refractivity contribution in [1.29, 1.82) is 0 Å². The smallest absolute Gasteiger partial charge is 0.123 e. The Labute approximate surface area is 107 Å². The Morgan fingerprint density at radius 1 is 1.35 bits per heavy atom. The number of aliphatic hydroxyl groups is 1. The summed E-state index contributed by atoms with van der Waals surface area (Å²) < 4.78 is 13.0. The maximum atomic E-state index is 13.0. The highest BCUT2D eigenvalue weighted by Crippen LogP contribution is 2.18. The van der Waals surface area contributed by atoms with Gasteiger partial charge in [-0.15, -0.1) is 0 Å². The first-order valence-corrected chi connectivity index (χ1v) is 7.13. The molecule has 3 heteroatoms. The highest BCUT2D eigenvalue weighted by Gasteiger charge is 2.09. The summed E-state index contributed by atoms with van der Waals surface area (Å²) in [4.78, 5) is 0. The quantitative estimate of drug-likeness (QED) is 0.805. The molecule has 1 unspecified atom stereocenters. The minimum Gasteiger partial charge on any atom is -0.396 e. The topological polar surface area (TPSA) is 20.2 Å². The zero-order chi connectivity index (χ0) is 12.7.